The third-order valence-corrected chi connectivity index (χ3v) is 3.86. The van der Waals surface area contributed by atoms with Gasteiger partial charge in [-0.05, 0) is 43.9 Å². The molecule has 1 N–H and O–H groups in total. The van der Waals surface area contributed by atoms with Crippen LogP contribution in [0.25, 0.3) is 0 Å². The van der Waals surface area contributed by atoms with Gasteiger partial charge in [0.05, 0.1) is 19.3 Å². The number of hydrogen-bond donors (Lipinski definition) is 1. The molecule has 2 rings (SSSR count). The maximum absolute atomic E-state index is 5.86. The van der Waals surface area contributed by atoms with Crippen molar-refractivity contribution in [1.82, 2.24) is 5.32 Å². The monoisotopic (exact) mass is 293 g/mol. The van der Waals surface area contributed by atoms with Gasteiger partial charge in [-0.2, -0.15) is 0 Å². The number of rotatable bonds is 8. The quantitative estimate of drug-likeness (QED) is 0.799. The van der Waals surface area contributed by atoms with E-state index in [-0.39, 0.29) is 6.10 Å². The van der Waals surface area contributed by atoms with Crippen LogP contribution in [0, 0.1) is 0 Å². The smallest absolute Gasteiger partial charge is 0.161 e. The van der Waals surface area contributed by atoms with Crippen molar-refractivity contribution in [2.24, 2.45) is 0 Å². The second kappa shape index (κ2) is 8.25. The number of ether oxygens (including phenoxy) is 3. The van der Waals surface area contributed by atoms with E-state index in [0.29, 0.717) is 6.10 Å². The van der Waals surface area contributed by atoms with Crippen molar-refractivity contribution < 1.29 is 14.2 Å². The summed E-state index contributed by atoms with van der Waals surface area (Å²) in [6.07, 6.45) is 3.90. The fourth-order valence-electron chi connectivity index (χ4n) is 2.40. The van der Waals surface area contributed by atoms with Crippen LogP contribution in [0.1, 0.15) is 38.7 Å². The minimum atomic E-state index is 0.197. The maximum atomic E-state index is 5.86. The van der Waals surface area contributed by atoms with Crippen molar-refractivity contribution in [2.75, 3.05) is 20.3 Å². The Bertz CT molecular complexity index is 430. The number of benzene rings is 1. The highest BCUT2D eigenvalue weighted by molar-refractivity contribution is 5.43. The zero-order valence-corrected chi connectivity index (χ0v) is 13.4. The van der Waals surface area contributed by atoms with Crippen LogP contribution in [-0.2, 0) is 11.3 Å². The molecule has 4 heteroatoms. The molecule has 1 aromatic rings. The van der Waals surface area contributed by atoms with Gasteiger partial charge in [-0.25, -0.2) is 0 Å². The van der Waals surface area contributed by atoms with Crippen LogP contribution in [0.4, 0.5) is 0 Å². The predicted molar refractivity (Wildman–Crippen MR) is 84.1 cm³/mol. The first-order valence-electron chi connectivity index (χ1n) is 7.88. The third-order valence-electron chi connectivity index (χ3n) is 3.86. The van der Waals surface area contributed by atoms with E-state index in [1.165, 1.54) is 12.0 Å². The Balaban J connectivity index is 1.88. The summed E-state index contributed by atoms with van der Waals surface area (Å²) >= 11 is 0. The lowest BCUT2D eigenvalue weighted by molar-refractivity contribution is 0.110. The number of nitrogens with one attached hydrogen (secondary N) is 1. The molecular formula is C17H27NO3. The second-order valence-electron chi connectivity index (χ2n) is 5.59. The topological polar surface area (TPSA) is 39.7 Å². The minimum Gasteiger partial charge on any atom is -0.493 e. The molecule has 0 spiro atoms. The number of methoxy groups -OCH3 is 1. The second-order valence-corrected chi connectivity index (χ2v) is 5.59. The van der Waals surface area contributed by atoms with Crippen molar-refractivity contribution in [3.05, 3.63) is 23.8 Å². The van der Waals surface area contributed by atoms with Crippen LogP contribution in [0.15, 0.2) is 18.2 Å². The summed E-state index contributed by atoms with van der Waals surface area (Å²) in [6, 6.07) is 6.12. The average molecular weight is 293 g/mol. The van der Waals surface area contributed by atoms with Gasteiger partial charge >= 0.3 is 0 Å². The highest BCUT2D eigenvalue weighted by atomic mass is 16.5. The van der Waals surface area contributed by atoms with Crippen LogP contribution in [-0.4, -0.2) is 32.5 Å². The summed E-state index contributed by atoms with van der Waals surface area (Å²) in [4.78, 5) is 0. The molecule has 0 radical (unpaired) electrons. The Morgan fingerprint density at radius 1 is 1.38 bits per heavy atom. The van der Waals surface area contributed by atoms with E-state index in [1.54, 1.807) is 7.11 Å². The SMILES string of the molecule is CC[C@H](C)Oc1ccc(CNC[C@H]2CCCO2)cc1OC. The summed E-state index contributed by atoms with van der Waals surface area (Å²) in [5.74, 6) is 1.61. The summed E-state index contributed by atoms with van der Waals surface area (Å²) < 4.78 is 16.9. The summed E-state index contributed by atoms with van der Waals surface area (Å²) in [5.41, 5.74) is 1.20. The molecule has 1 aliphatic rings. The molecule has 1 heterocycles. The molecular weight excluding hydrogens is 266 g/mol. The molecule has 118 valence electrons. The van der Waals surface area contributed by atoms with Crippen LogP contribution in [0.2, 0.25) is 0 Å². The standard InChI is InChI=1S/C17H27NO3/c1-4-13(2)21-16-8-7-14(10-17(16)19-3)11-18-12-15-6-5-9-20-15/h7-8,10,13,15,18H,4-6,9,11-12H2,1-3H3/t13-,15+/m0/s1. The largest absolute Gasteiger partial charge is 0.493 e. The van der Waals surface area contributed by atoms with Crippen molar-refractivity contribution in [2.45, 2.75) is 51.9 Å². The van der Waals surface area contributed by atoms with Crippen LogP contribution >= 0.6 is 0 Å². The van der Waals surface area contributed by atoms with Crippen molar-refractivity contribution in [3.63, 3.8) is 0 Å². The average Bonchev–Trinajstić information content (AvgIpc) is 3.01. The molecule has 0 bridgehead atoms. The lowest BCUT2D eigenvalue weighted by Gasteiger charge is -2.17. The minimum absolute atomic E-state index is 0.197. The Labute approximate surface area is 127 Å². The first-order valence-corrected chi connectivity index (χ1v) is 7.88. The molecule has 1 saturated heterocycles. The predicted octanol–water partition coefficient (Wildman–Crippen LogP) is 3.14. The molecule has 1 aliphatic heterocycles. The first-order chi connectivity index (χ1) is 10.2. The van der Waals surface area contributed by atoms with Crippen molar-refractivity contribution in [3.8, 4) is 11.5 Å². The van der Waals surface area contributed by atoms with Crippen LogP contribution in [0.5, 0.6) is 11.5 Å². The molecule has 1 aromatic carbocycles. The van der Waals surface area contributed by atoms with Gasteiger partial charge in [0, 0.05) is 19.7 Å². The lowest BCUT2D eigenvalue weighted by atomic mass is 10.2. The van der Waals surface area contributed by atoms with Gasteiger partial charge in [0.1, 0.15) is 0 Å². The van der Waals surface area contributed by atoms with Crippen LogP contribution in [0.3, 0.4) is 0 Å². The van der Waals surface area contributed by atoms with Crippen molar-refractivity contribution in [1.29, 1.82) is 0 Å². The summed E-state index contributed by atoms with van der Waals surface area (Å²) in [7, 11) is 1.68. The first kappa shape index (κ1) is 16.1. The molecule has 0 aromatic heterocycles. The zero-order valence-electron chi connectivity index (χ0n) is 13.4. The zero-order chi connectivity index (χ0) is 15.1. The summed E-state index contributed by atoms with van der Waals surface area (Å²) in [6.45, 7) is 6.81. The van der Waals surface area contributed by atoms with E-state index in [0.717, 1.165) is 44.0 Å². The van der Waals surface area contributed by atoms with Gasteiger partial charge in [0.25, 0.3) is 0 Å². The molecule has 4 nitrogen and oxygen atoms in total. The Morgan fingerprint density at radius 2 is 2.24 bits per heavy atom. The normalized spacial score (nSPS) is 19.5. The highest BCUT2D eigenvalue weighted by Gasteiger charge is 2.14. The third kappa shape index (κ3) is 4.90. The van der Waals surface area contributed by atoms with E-state index in [4.69, 9.17) is 14.2 Å². The fraction of sp³-hybridized carbons (Fsp3) is 0.647. The molecule has 0 unspecified atom stereocenters. The van der Waals surface area contributed by atoms with E-state index in [2.05, 4.69) is 25.2 Å². The van der Waals surface area contributed by atoms with Gasteiger partial charge in [-0.3, -0.25) is 0 Å². The maximum Gasteiger partial charge on any atom is 0.161 e. The number of hydrogen-bond acceptors (Lipinski definition) is 4. The van der Waals surface area contributed by atoms with Gasteiger partial charge < -0.3 is 19.5 Å². The Kier molecular flexibility index (Phi) is 6.33. The fourth-order valence-corrected chi connectivity index (χ4v) is 2.40. The van der Waals surface area contributed by atoms with E-state index in [1.807, 2.05) is 12.1 Å². The van der Waals surface area contributed by atoms with Gasteiger partial charge in [0.15, 0.2) is 11.5 Å². The molecule has 2 atom stereocenters. The van der Waals surface area contributed by atoms with Crippen LogP contribution < -0.4 is 14.8 Å². The molecule has 21 heavy (non-hydrogen) atoms. The van der Waals surface area contributed by atoms with Crippen molar-refractivity contribution >= 4 is 0 Å². The van der Waals surface area contributed by atoms with E-state index in [9.17, 15) is 0 Å². The van der Waals surface area contributed by atoms with Gasteiger partial charge in [-0.15, -0.1) is 0 Å². The molecule has 1 fully saturated rings. The lowest BCUT2D eigenvalue weighted by Crippen LogP contribution is -2.25. The van der Waals surface area contributed by atoms with E-state index < -0.39 is 0 Å². The molecule has 0 amide bonds. The highest BCUT2D eigenvalue weighted by Crippen LogP contribution is 2.29. The Hall–Kier alpha value is -1.26. The molecule has 0 aliphatic carbocycles. The summed E-state index contributed by atoms with van der Waals surface area (Å²) in [5, 5.41) is 3.44. The van der Waals surface area contributed by atoms with E-state index >= 15 is 0 Å². The molecule has 0 saturated carbocycles. The van der Waals surface area contributed by atoms with Gasteiger partial charge in [-0.1, -0.05) is 13.0 Å². The van der Waals surface area contributed by atoms with Gasteiger partial charge in [0.2, 0.25) is 0 Å². The Morgan fingerprint density at radius 3 is 2.90 bits per heavy atom.